The van der Waals surface area contributed by atoms with Gasteiger partial charge in [-0.15, -0.1) is 11.3 Å². The van der Waals surface area contributed by atoms with Crippen LogP contribution in [0.4, 0.5) is 5.13 Å². The summed E-state index contributed by atoms with van der Waals surface area (Å²) >= 11 is 1.65. The lowest BCUT2D eigenvalue weighted by molar-refractivity contribution is 0.245. The summed E-state index contributed by atoms with van der Waals surface area (Å²) in [4.78, 5) is 14.0. The molecule has 2 N–H and O–H groups in total. The van der Waals surface area contributed by atoms with Crippen LogP contribution in [0.1, 0.15) is 37.1 Å². The number of hydrogen-bond acceptors (Lipinski definition) is 5. The third kappa shape index (κ3) is 5.69. The molecule has 2 aromatic rings. The number of rotatable bonds is 8. The molecule has 1 aromatic heterocycles. The normalized spacial score (nSPS) is 16.2. The Bertz CT molecular complexity index is 736. The van der Waals surface area contributed by atoms with Gasteiger partial charge in [-0.1, -0.05) is 30.3 Å². The Hall–Kier alpha value is -2.12. The molecule has 1 aromatic carbocycles. The second-order valence-corrected chi connectivity index (χ2v) is 8.10. The standard InChI is InChI=1S/C21H32N6S/c1-4-22-20(23-14-18-16-28-21(25-18)26(2)3)24-15-19(27-12-8-9-13-27)17-10-6-5-7-11-17/h5-7,10-11,16,19H,4,8-9,12-15H2,1-3H3,(H2,22,23,24). The second kappa shape index (κ2) is 10.4. The van der Waals surface area contributed by atoms with Crippen molar-refractivity contribution in [1.29, 1.82) is 0 Å². The van der Waals surface area contributed by atoms with E-state index in [1.807, 2.05) is 19.0 Å². The van der Waals surface area contributed by atoms with Gasteiger partial charge in [-0.25, -0.2) is 9.98 Å². The first-order valence-corrected chi connectivity index (χ1v) is 11.0. The number of nitrogens with zero attached hydrogens (tertiary/aromatic N) is 4. The smallest absolute Gasteiger partial charge is 0.191 e. The lowest BCUT2D eigenvalue weighted by Gasteiger charge is -2.29. The number of benzene rings is 1. The van der Waals surface area contributed by atoms with Gasteiger partial charge in [0.1, 0.15) is 0 Å². The first-order chi connectivity index (χ1) is 13.7. The van der Waals surface area contributed by atoms with Gasteiger partial charge < -0.3 is 15.5 Å². The fourth-order valence-corrected chi connectivity index (χ4v) is 4.21. The molecular formula is C21H32N6S. The molecule has 1 aliphatic heterocycles. The summed E-state index contributed by atoms with van der Waals surface area (Å²) in [7, 11) is 4.03. The maximum absolute atomic E-state index is 4.75. The molecule has 2 heterocycles. The van der Waals surface area contributed by atoms with Crippen molar-refractivity contribution in [2.24, 2.45) is 4.99 Å². The van der Waals surface area contributed by atoms with E-state index in [1.165, 1.54) is 31.5 Å². The van der Waals surface area contributed by atoms with Crippen molar-refractivity contribution in [2.75, 3.05) is 45.2 Å². The third-order valence-electron chi connectivity index (χ3n) is 4.89. The lowest BCUT2D eigenvalue weighted by Crippen LogP contribution is -2.42. The van der Waals surface area contributed by atoms with Gasteiger partial charge in [-0.05, 0) is 38.4 Å². The molecule has 0 aliphatic carbocycles. The number of aromatic nitrogens is 1. The number of anilines is 1. The first-order valence-electron chi connectivity index (χ1n) is 10.1. The summed E-state index contributed by atoms with van der Waals surface area (Å²) in [5, 5.41) is 10.0. The molecule has 0 bridgehead atoms. The number of aliphatic imine (C=N–C) groups is 1. The van der Waals surface area contributed by atoms with E-state index in [0.717, 1.165) is 29.9 Å². The summed E-state index contributed by atoms with van der Waals surface area (Å²) < 4.78 is 0. The SMILES string of the molecule is CCNC(=NCc1csc(N(C)C)n1)NCC(c1ccccc1)N1CCCC1. The molecule has 1 saturated heterocycles. The molecule has 7 heteroatoms. The Labute approximate surface area is 172 Å². The van der Waals surface area contributed by atoms with Crippen molar-refractivity contribution in [3.05, 3.63) is 47.0 Å². The highest BCUT2D eigenvalue weighted by atomic mass is 32.1. The molecule has 1 fully saturated rings. The second-order valence-electron chi connectivity index (χ2n) is 7.26. The van der Waals surface area contributed by atoms with Gasteiger partial charge in [0.2, 0.25) is 0 Å². The quantitative estimate of drug-likeness (QED) is 0.527. The van der Waals surface area contributed by atoms with E-state index in [-0.39, 0.29) is 0 Å². The fourth-order valence-electron chi connectivity index (χ4n) is 3.46. The zero-order chi connectivity index (χ0) is 19.8. The molecule has 0 amide bonds. The Morgan fingerprint density at radius 1 is 1.21 bits per heavy atom. The average molecular weight is 401 g/mol. The molecule has 3 rings (SSSR count). The molecule has 28 heavy (non-hydrogen) atoms. The van der Waals surface area contributed by atoms with Crippen LogP contribution in [0, 0.1) is 0 Å². The van der Waals surface area contributed by atoms with Crippen LogP contribution in [0.15, 0.2) is 40.7 Å². The summed E-state index contributed by atoms with van der Waals surface area (Å²) in [6, 6.07) is 11.2. The van der Waals surface area contributed by atoms with Crippen LogP contribution in [-0.2, 0) is 6.54 Å². The minimum absolute atomic E-state index is 0.368. The summed E-state index contributed by atoms with van der Waals surface area (Å²) in [5.41, 5.74) is 2.37. The van der Waals surface area contributed by atoms with Gasteiger partial charge in [0.25, 0.3) is 0 Å². The lowest BCUT2D eigenvalue weighted by atomic mass is 10.1. The van der Waals surface area contributed by atoms with Crippen LogP contribution in [0.2, 0.25) is 0 Å². The highest BCUT2D eigenvalue weighted by Gasteiger charge is 2.23. The van der Waals surface area contributed by atoms with E-state index in [4.69, 9.17) is 4.99 Å². The van der Waals surface area contributed by atoms with Gasteiger partial charge in [-0.3, -0.25) is 4.90 Å². The van der Waals surface area contributed by atoms with E-state index >= 15 is 0 Å². The van der Waals surface area contributed by atoms with Crippen molar-refractivity contribution in [3.63, 3.8) is 0 Å². The minimum Gasteiger partial charge on any atom is -0.357 e. The number of hydrogen-bond donors (Lipinski definition) is 2. The summed E-state index contributed by atoms with van der Waals surface area (Å²) in [6.07, 6.45) is 2.57. The Balaban J connectivity index is 1.65. The molecular weight excluding hydrogens is 368 g/mol. The van der Waals surface area contributed by atoms with E-state index in [1.54, 1.807) is 11.3 Å². The average Bonchev–Trinajstić information content (AvgIpc) is 3.39. The van der Waals surface area contributed by atoms with Gasteiger partial charge in [-0.2, -0.15) is 0 Å². The maximum atomic E-state index is 4.75. The monoisotopic (exact) mass is 400 g/mol. The molecule has 0 radical (unpaired) electrons. The van der Waals surface area contributed by atoms with Gasteiger partial charge in [0.15, 0.2) is 11.1 Å². The molecule has 6 nitrogen and oxygen atoms in total. The van der Waals surface area contributed by atoms with Crippen LogP contribution >= 0.6 is 11.3 Å². The third-order valence-corrected chi connectivity index (χ3v) is 5.95. The van der Waals surface area contributed by atoms with Crippen molar-refractivity contribution < 1.29 is 0 Å². The Morgan fingerprint density at radius 2 is 1.96 bits per heavy atom. The predicted molar refractivity (Wildman–Crippen MR) is 119 cm³/mol. The van der Waals surface area contributed by atoms with Crippen LogP contribution in [0.5, 0.6) is 0 Å². The van der Waals surface area contributed by atoms with E-state index in [0.29, 0.717) is 12.6 Å². The van der Waals surface area contributed by atoms with Crippen LogP contribution < -0.4 is 15.5 Å². The van der Waals surface area contributed by atoms with Gasteiger partial charge >= 0.3 is 0 Å². The van der Waals surface area contributed by atoms with Crippen molar-refractivity contribution >= 4 is 22.4 Å². The number of nitrogens with one attached hydrogen (secondary N) is 2. The van der Waals surface area contributed by atoms with Crippen LogP contribution in [-0.4, -0.2) is 56.1 Å². The predicted octanol–water partition coefficient (Wildman–Crippen LogP) is 3.10. The van der Waals surface area contributed by atoms with E-state index < -0.39 is 0 Å². The summed E-state index contributed by atoms with van der Waals surface area (Å²) in [6.45, 7) is 6.70. The number of thiazole rings is 1. The zero-order valence-corrected chi connectivity index (χ0v) is 18.0. The van der Waals surface area contributed by atoms with E-state index in [2.05, 4.69) is 63.2 Å². The van der Waals surface area contributed by atoms with Crippen LogP contribution in [0.25, 0.3) is 0 Å². The number of guanidine groups is 1. The highest BCUT2D eigenvalue weighted by Crippen LogP contribution is 2.24. The molecule has 0 saturated carbocycles. The molecule has 152 valence electrons. The Morgan fingerprint density at radius 3 is 2.61 bits per heavy atom. The fraction of sp³-hybridized carbons (Fsp3) is 0.524. The molecule has 1 atom stereocenters. The first kappa shape index (κ1) is 20.6. The minimum atomic E-state index is 0.368. The van der Waals surface area contributed by atoms with Crippen molar-refractivity contribution in [3.8, 4) is 0 Å². The molecule has 0 spiro atoms. The Kier molecular flexibility index (Phi) is 7.68. The zero-order valence-electron chi connectivity index (χ0n) is 17.2. The van der Waals surface area contributed by atoms with Gasteiger partial charge in [0, 0.05) is 32.6 Å². The van der Waals surface area contributed by atoms with Crippen molar-refractivity contribution in [1.82, 2.24) is 20.5 Å². The number of likely N-dealkylation sites (tertiary alicyclic amines) is 1. The maximum Gasteiger partial charge on any atom is 0.191 e. The summed E-state index contributed by atoms with van der Waals surface area (Å²) in [5.74, 6) is 0.849. The largest absolute Gasteiger partial charge is 0.357 e. The van der Waals surface area contributed by atoms with Gasteiger partial charge in [0.05, 0.1) is 18.3 Å². The topological polar surface area (TPSA) is 55.8 Å². The highest BCUT2D eigenvalue weighted by molar-refractivity contribution is 7.13. The molecule has 1 unspecified atom stereocenters. The van der Waals surface area contributed by atoms with Crippen LogP contribution in [0.3, 0.4) is 0 Å². The van der Waals surface area contributed by atoms with Crippen molar-refractivity contribution in [2.45, 2.75) is 32.4 Å². The van der Waals surface area contributed by atoms with E-state index in [9.17, 15) is 0 Å². The molecule has 1 aliphatic rings.